The summed E-state index contributed by atoms with van der Waals surface area (Å²) in [5.41, 5.74) is 2.55. The third-order valence-corrected chi connectivity index (χ3v) is 4.18. The normalized spacial score (nSPS) is 24.8. The Morgan fingerprint density at radius 1 is 1.20 bits per heavy atom. The first-order valence-electron chi connectivity index (χ1n) is 7.17. The summed E-state index contributed by atoms with van der Waals surface area (Å²) in [6, 6.07) is 8.75. The van der Waals surface area contributed by atoms with Crippen molar-refractivity contribution in [2.75, 3.05) is 5.32 Å². The second-order valence-electron chi connectivity index (χ2n) is 6.62. The number of anilines is 1. The molecule has 4 nitrogen and oxygen atoms in total. The van der Waals surface area contributed by atoms with Crippen LogP contribution in [-0.2, 0) is 0 Å². The average molecular weight is 271 g/mol. The first-order chi connectivity index (χ1) is 9.53. The maximum absolute atomic E-state index is 5.19. The van der Waals surface area contributed by atoms with Crippen LogP contribution in [0.1, 0.15) is 33.6 Å². The molecule has 20 heavy (non-hydrogen) atoms. The van der Waals surface area contributed by atoms with Crippen molar-refractivity contribution in [2.24, 2.45) is 11.3 Å². The molecule has 0 bridgehead atoms. The van der Waals surface area contributed by atoms with E-state index in [1.807, 2.05) is 12.1 Å². The number of aromatic nitrogens is 2. The van der Waals surface area contributed by atoms with Crippen LogP contribution >= 0.6 is 0 Å². The van der Waals surface area contributed by atoms with Crippen molar-refractivity contribution < 1.29 is 4.42 Å². The van der Waals surface area contributed by atoms with Crippen molar-refractivity contribution in [1.82, 2.24) is 10.2 Å². The highest BCUT2D eigenvalue weighted by atomic mass is 16.4. The Kier molecular flexibility index (Phi) is 3.24. The lowest BCUT2D eigenvalue weighted by Crippen LogP contribution is -2.22. The summed E-state index contributed by atoms with van der Waals surface area (Å²) in [5, 5.41) is 11.3. The van der Waals surface area contributed by atoms with Crippen molar-refractivity contribution in [3.05, 3.63) is 30.7 Å². The topological polar surface area (TPSA) is 51.0 Å². The predicted molar refractivity (Wildman–Crippen MR) is 79.3 cm³/mol. The second kappa shape index (κ2) is 4.93. The largest absolute Gasteiger partial charge is 0.423 e. The van der Waals surface area contributed by atoms with Gasteiger partial charge in [0.1, 0.15) is 0 Å². The summed E-state index contributed by atoms with van der Waals surface area (Å²) in [5.74, 6) is 1.27. The lowest BCUT2D eigenvalue weighted by Gasteiger charge is -2.19. The molecule has 1 aliphatic rings. The van der Waals surface area contributed by atoms with Crippen LogP contribution in [0, 0.1) is 11.3 Å². The van der Waals surface area contributed by atoms with E-state index in [0.717, 1.165) is 11.3 Å². The fourth-order valence-corrected chi connectivity index (χ4v) is 3.31. The van der Waals surface area contributed by atoms with E-state index in [0.29, 0.717) is 23.3 Å². The van der Waals surface area contributed by atoms with E-state index in [-0.39, 0.29) is 0 Å². The van der Waals surface area contributed by atoms with Gasteiger partial charge in [-0.05, 0) is 48.4 Å². The van der Waals surface area contributed by atoms with Gasteiger partial charge < -0.3 is 9.73 Å². The molecule has 106 valence electrons. The van der Waals surface area contributed by atoms with Crippen LogP contribution in [0.4, 0.5) is 5.69 Å². The Morgan fingerprint density at radius 2 is 1.95 bits per heavy atom. The molecular weight excluding hydrogens is 250 g/mol. The van der Waals surface area contributed by atoms with E-state index < -0.39 is 0 Å². The quantitative estimate of drug-likeness (QED) is 0.917. The standard InChI is InChI=1S/C16H21N3O/c1-11-8-16(2,3)9-14(11)18-13-6-4-12(5-7-13)15-19-17-10-20-15/h4-7,10-11,14,18H,8-9H2,1-3H3. The molecule has 2 aromatic rings. The fraction of sp³-hybridized carbons (Fsp3) is 0.500. The van der Waals surface area contributed by atoms with Gasteiger partial charge in [0, 0.05) is 17.3 Å². The molecule has 1 N–H and O–H groups in total. The van der Waals surface area contributed by atoms with E-state index in [4.69, 9.17) is 4.42 Å². The van der Waals surface area contributed by atoms with Crippen molar-refractivity contribution in [2.45, 2.75) is 39.7 Å². The van der Waals surface area contributed by atoms with E-state index in [9.17, 15) is 0 Å². The first-order valence-corrected chi connectivity index (χ1v) is 7.17. The summed E-state index contributed by atoms with van der Waals surface area (Å²) in [7, 11) is 0. The molecule has 1 aliphatic carbocycles. The third kappa shape index (κ3) is 2.69. The Balaban J connectivity index is 1.70. The molecule has 0 radical (unpaired) electrons. The summed E-state index contributed by atoms with van der Waals surface area (Å²) >= 11 is 0. The molecule has 2 atom stereocenters. The number of hydrogen-bond donors (Lipinski definition) is 1. The fourth-order valence-electron chi connectivity index (χ4n) is 3.31. The summed E-state index contributed by atoms with van der Waals surface area (Å²) in [4.78, 5) is 0. The van der Waals surface area contributed by atoms with Crippen LogP contribution in [0.15, 0.2) is 35.1 Å². The molecular formula is C16H21N3O. The highest BCUT2D eigenvalue weighted by Gasteiger charge is 2.36. The van der Waals surface area contributed by atoms with Gasteiger partial charge in [-0.15, -0.1) is 10.2 Å². The zero-order valence-corrected chi connectivity index (χ0v) is 12.3. The van der Waals surface area contributed by atoms with E-state index >= 15 is 0 Å². The van der Waals surface area contributed by atoms with Crippen molar-refractivity contribution in [3.8, 4) is 11.5 Å². The molecule has 3 rings (SSSR count). The number of nitrogens with zero attached hydrogens (tertiary/aromatic N) is 2. The van der Waals surface area contributed by atoms with Crippen LogP contribution in [0.2, 0.25) is 0 Å². The summed E-state index contributed by atoms with van der Waals surface area (Å²) in [6.07, 6.45) is 3.86. The molecule has 1 aromatic carbocycles. The van der Waals surface area contributed by atoms with Gasteiger partial charge in [0.05, 0.1) is 0 Å². The zero-order chi connectivity index (χ0) is 14.2. The minimum absolute atomic E-state index is 0.445. The lowest BCUT2D eigenvalue weighted by molar-refractivity contribution is 0.366. The second-order valence-corrected chi connectivity index (χ2v) is 6.62. The van der Waals surface area contributed by atoms with Crippen LogP contribution < -0.4 is 5.32 Å². The van der Waals surface area contributed by atoms with Crippen LogP contribution in [0.3, 0.4) is 0 Å². The van der Waals surface area contributed by atoms with Crippen molar-refractivity contribution >= 4 is 5.69 Å². The molecule has 4 heteroatoms. The Labute approximate surface area is 119 Å². The molecule has 1 heterocycles. The number of rotatable bonds is 3. The number of hydrogen-bond acceptors (Lipinski definition) is 4. The molecule has 1 fully saturated rings. The van der Waals surface area contributed by atoms with E-state index in [1.165, 1.54) is 19.2 Å². The van der Waals surface area contributed by atoms with E-state index in [2.05, 4.69) is 48.4 Å². The SMILES string of the molecule is CC1CC(C)(C)CC1Nc1ccc(-c2nnco2)cc1. The van der Waals surface area contributed by atoms with Gasteiger partial charge >= 0.3 is 0 Å². The monoisotopic (exact) mass is 271 g/mol. The molecule has 0 saturated heterocycles. The van der Waals surface area contributed by atoms with Gasteiger partial charge in [0.15, 0.2) is 0 Å². The molecule has 2 unspecified atom stereocenters. The minimum Gasteiger partial charge on any atom is -0.423 e. The summed E-state index contributed by atoms with van der Waals surface area (Å²) in [6.45, 7) is 7.03. The molecule has 0 spiro atoms. The lowest BCUT2D eigenvalue weighted by atomic mass is 9.91. The number of benzene rings is 1. The summed E-state index contributed by atoms with van der Waals surface area (Å²) < 4.78 is 5.19. The maximum atomic E-state index is 5.19. The molecule has 1 saturated carbocycles. The molecule has 0 aliphatic heterocycles. The number of nitrogens with one attached hydrogen (secondary N) is 1. The van der Waals surface area contributed by atoms with Crippen molar-refractivity contribution in [3.63, 3.8) is 0 Å². The predicted octanol–water partition coefficient (Wildman–Crippen LogP) is 3.97. The van der Waals surface area contributed by atoms with Crippen LogP contribution in [0.5, 0.6) is 0 Å². The third-order valence-electron chi connectivity index (χ3n) is 4.18. The van der Waals surface area contributed by atoms with Crippen LogP contribution in [-0.4, -0.2) is 16.2 Å². The highest BCUT2D eigenvalue weighted by Crippen LogP contribution is 2.42. The zero-order valence-electron chi connectivity index (χ0n) is 12.3. The maximum Gasteiger partial charge on any atom is 0.247 e. The van der Waals surface area contributed by atoms with Gasteiger partial charge in [-0.3, -0.25) is 0 Å². The Morgan fingerprint density at radius 3 is 2.50 bits per heavy atom. The van der Waals surface area contributed by atoms with Gasteiger partial charge in [-0.1, -0.05) is 20.8 Å². The average Bonchev–Trinajstić information content (AvgIpc) is 2.99. The van der Waals surface area contributed by atoms with Crippen LogP contribution in [0.25, 0.3) is 11.5 Å². The van der Waals surface area contributed by atoms with E-state index in [1.54, 1.807) is 0 Å². The Hall–Kier alpha value is -1.84. The highest BCUT2D eigenvalue weighted by molar-refractivity contribution is 5.58. The molecule has 0 amide bonds. The molecule has 1 aromatic heterocycles. The van der Waals surface area contributed by atoms with Crippen molar-refractivity contribution in [1.29, 1.82) is 0 Å². The van der Waals surface area contributed by atoms with Gasteiger partial charge in [0.25, 0.3) is 0 Å². The van der Waals surface area contributed by atoms with Gasteiger partial charge in [-0.2, -0.15) is 0 Å². The van der Waals surface area contributed by atoms with Gasteiger partial charge in [0.2, 0.25) is 12.3 Å². The smallest absolute Gasteiger partial charge is 0.247 e. The first kappa shape index (κ1) is 13.2. The minimum atomic E-state index is 0.445. The Bertz CT molecular complexity index is 560. The van der Waals surface area contributed by atoms with Gasteiger partial charge in [-0.25, -0.2) is 0 Å².